The van der Waals surface area contributed by atoms with E-state index in [9.17, 15) is 9.18 Å². The van der Waals surface area contributed by atoms with Crippen LogP contribution in [0, 0.1) is 19.7 Å². The van der Waals surface area contributed by atoms with Gasteiger partial charge in [-0.15, -0.1) is 0 Å². The van der Waals surface area contributed by atoms with E-state index in [-0.39, 0.29) is 11.7 Å². The number of hydrogen-bond donors (Lipinski definition) is 2. The molecule has 0 aliphatic rings. The smallest absolute Gasteiger partial charge is 0.269 e. The third-order valence-electron chi connectivity index (χ3n) is 3.29. The lowest BCUT2D eigenvalue weighted by molar-refractivity contribution is 0.0962. The normalized spacial score (nSPS) is 10.7. The van der Waals surface area contributed by atoms with Crippen molar-refractivity contribution in [3.63, 3.8) is 0 Å². The summed E-state index contributed by atoms with van der Waals surface area (Å²) < 4.78 is 14.3. The number of carbonyl (C=O) groups excluding carboxylic acids is 1. The number of halogens is 1. The van der Waals surface area contributed by atoms with Gasteiger partial charge in [0.2, 0.25) is 5.13 Å². The number of aromatic nitrogens is 1. The predicted molar refractivity (Wildman–Crippen MR) is 86.6 cm³/mol. The molecule has 1 aromatic heterocycles. The zero-order valence-corrected chi connectivity index (χ0v) is 12.9. The van der Waals surface area contributed by atoms with E-state index in [1.165, 1.54) is 17.4 Å². The number of nitrogens with zero attached hydrogens (tertiary/aromatic N) is 1. The monoisotopic (exact) mass is 315 g/mol. The van der Waals surface area contributed by atoms with Crippen molar-refractivity contribution in [2.75, 3.05) is 5.43 Å². The van der Waals surface area contributed by atoms with Gasteiger partial charge in [0, 0.05) is 5.56 Å². The molecule has 0 bridgehead atoms. The van der Waals surface area contributed by atoms with Gasteiger partial charge in [0.1, 0.15) is 11.3 Å². The molecular formula is C16H14FN3OS. The first-order valence-electron chi connectivity index (χ1n) is 6.73. The Balaban J connectivity index is 1.77. The van der Waals surface area contributed by atoms with Crippen molar-refractivity contribution in [3.05, 3.63) is 58.9 Å². The molecule has 4 nitrogen and oxygen atoms in total. The number of amides is 1. The molecule has 2 aromatic carbocycles. The summed E-state index contributed by atoms with van der Waals surface area (Å²) in [5, 5.41) is 0.443. The molecule has 0 saturated carbocycles. The van der Waals surface area contributed by atoms with Crippen LogP contribution in [0.4, 0.5) is 9.52 Å². The van der Waals surface area contributed by atoms with Gasteiger partial charge < -0.3 is 0 Å². The number of hydrogen-bond acceptors (Lipinski definition) is 4. The fourth-order valence-electron chi connectivity index (χ4n) is 2.13. The van der Waals surface area contributed by atoms with Crippen molar-refractivity contribution in [1.29, 1.82) is 0 Å². The number of anilines is 1. The van der Waals surface area contributed by atoms with Gasteiger partial charge >= 0.3 is 0 Å². The van der Waals surface area contributed by atoms with Crippen molar-refractivity contribution in [1.82, 2.24) is 10.4 Å². The van der Waals surface area contributed by atoms with Crippen LogP contribution in [-0.4, -0.2) is 10.9 Å². The minimum absolute atomic E-state index is 0.249. The molecule has 3 rings (SSSR count). The van der Waals surface area contributed by atoms with Gasteiger partial charge in [0.15, 0.2) is 0 Å². The first-order chi connectivity index (χ1) is 10.5. The van der Waals surface area contributed by atoms with Gasteiger partial charge in [-0.2, -0.15) is 0 Å². The molecule has 0 saturated heterocycles. The van der Waals surface area contributed by atoms with E-state index in [0.717, 1.165) is 15.8 Å². The van der Waals surface area contributed by atoms with Crippen LogP contribution in [0.2, 0.25) is 0 Å². The molecule has 0 fully saturated rings. The standard InChI is InChI=1S/C16H14FN3OS/c1-9-6-7-10(2)11(8-9)15(21)19-20-16-18-14-12(17)4-3-5-13(14)22-16/h3-8H,1-2H3,(H,18,20)(H,19,21). The van der Waals surface area contributed by atoms with E-state index in [1.54, 1.807) is 12.1 Å². The molecule has 6 heteroatoms. The lowest BCUT2D eigenvalue weighted by Gasteiger charge is -2.08. The van der Waals surface area contributed by atoms with E-state index >= 15 is 0 Å². The fraction of sp³-hybridized carbons (Fsp3) is 0.125. The van der Waals surface area contributed by atoms with Gasteiger partial charge in [-0.25, -0.2) is 9.37 Å². The quantitative estimate of drug-likeness (QED) is 0.723. The highest BCUT2D eigenvalue weighted by Gasteiger charge is 2.11. The number of rotatable bonds is 3. The molecule has 2 N–H and O–H groups in total. The Morgan fingerprint density at radius 3 is 2.82 bits per heavy atom. The average Bonchev–Trinajstić information content (AvgIpc) is 2.92. The number of para-hydroxylation sites is 1. The van der Waals surface area contributed by atoms with Crippen molar-refractivity contribution in [2.24, 2.45) is 0 Å². The molecule has 0 aliphatic carbocycles. The molecule has 112 valence electrons. The number of aryl methyl sites for hydroxylation is 2. The van der Waals surface area contributed by atoms with Crippen LogP contribution >= 0.6 is 11.3 Å². The van der Waals surface area contributed by atoms with Crippen molar-refractivity contribution in [3.8, 4) is 0 Å². The highest BCUT2D eigenvalue weighted by Crippen LogP contribution is 2.27. The molecule has 1 heterocycles. The minimum atomic E-state index is -0.373. The number of thiazole rings is 1. The molecule has 0 aliphatic heterocycles. The first-order valence-corrected chi connectivity index (χ1v) is 7.55. The van der Waals surface area contributed by atoms with E-state index in [1.807, 2.05) is 32.0 Å². The summed E-state index contributed by atoms with van der Waals surface area (Å²) in [6.45, 7) is 3.81. The number of nitrogens with one attached hydrogen (secondary N) is 2. The Kier molecular flexibility index (Phi) is 3.77. The number of benzene rings is 2. The molecule has 1 amide bonds. The summed E-state index contributed by atoms with van der Waals surface area (Å²) in [6.07, 6.45) is 0. The summed E-state index contributed by atoms with van der Waals surface area (Å²) in [7, 11) is 0. The zero-order valence-electron chi connectivity index (χ0n) is 12.1. The Hall–Kier alpha value is -2.47. The lowest BCUT2D eigenvalue weighted by atomic mass is 10.1. The molecule has 22 heavy (non-hydrogen) atoms. The van der Waals surface area contributed by atoms with Crippen LogP contribution in [0.3, 0.4) is 0 Å². The van der Waals surface area contributed by atoms with Gasteiger partial charge in [-0.1, -0.05) is 35.1 Å². The SMILES string of the molecule is Cc1ccc(C)c(C(=O)NNc2nc3c(F)cccc3s2)c1. The van der Waals surface area contributed by atoms with Crippen LogP contribution < -0.4 is 10.9 Å². The highest BCUT2D eigenvalue weighted by atomic mass is 32.1. The summed E-state index contributed by atoms with van der Waals surface area (Å²) in [4.78, 5) is 16.3. The highest BCUT2D eigenvalue weighted by molar-refractivity contribution is 7.22. The maximum atomic E-state index is 13.6. The van der Waals surface area contributed by atoms with Gasteiger partial charge in [-0.3, -0.25) is 15.6 Å². The van der Waals surface area contributed by atoms with E-state index in [0.29, 0.717) is 16.2 Å². The van der Waals surface area contributed by atoms with Crippen molar-refractivity contribution in [2.45, 2.75) is 13.8 Å². The summed E-state index contributed by atoms with van der Waals surface area (Å²) in [5.74, 6) is -0.622. The van der Waals surface area contributed by atoms with Crippen LogP contribution in [0.5, 0.6) is 0 Å². The molecular weight excluding hydrogens is 301 g/mol. The maximum absolute atomic E-state index is 13.6. The topological polar surface area (TPSA) is 54.0 Å². The molecule has 0 atom stereocenters. The van der Waals surface area contributed by atoms with E-state index < -0.39 is 0 Å². The Labute approximate surface area is 131 Å². The first kappa shape index (κ1) is 14.5. The number of hydrazine groups is 1. The predicted octanol–water partition coefficient (Wildman–Crippen LogP) is 3.81. The zero-order chi connectivity index (χ0) is 15.7. The number of carbonyl (C=O) groups is 1. The average molecular weight is 315 g/mol. The molecule has 0 radical (unpaired) electrons. The second-order valence-electron chi connectivity index (χ2n) is 5.00. The van der Waals surface area contributed by atoms with Gasteiger partial charge in [-0.05, 0) is 37.6 Å². The van der Waals surface area contributed by atoms with Crippen LogP contribution in [0.1, 0.15) is 21.5 Å². The third kappa shape index (κ3) is 2.78. The van der Waals surface area contributed by atoms with E-state index in [4.69, 9.17) is 0 Å². The number of fused-ring (bicyclic) bond motifs is 1. The third-order valence-corrected chi connectivity index (χ3v) is 4.23. The van der Waals surface area contributed by atoms with Crippen molar-refractivity contribution >= 4 is 32.6 Å². The molecule has 3 aromatic rings. The summed E-state index contributed by atoms with van der Waals surface area (Å²) >= 11 is 1.28. The summed E-state index contributed by atoms with van der Waals surface area (Å²) in [5.41, 5.74) is 8.15. The fourth-order valence-corrected chi connectivity index (χ4v) is 2.96. The van der Waals surface area contributed by atoms with Crippen molar-refractivity contribution < 1.29 is 9.18 Å². The Bertz CT molecular complexity index is 860. The molecule has 0 spiro atoms. The van der Waals surface area contributed by atoms with Gasteiger partial charge in [0.05, 0.1) is 4.70 Å². The van der Waals surface area contributed by atoms with E-state index in [2.05, 4.69) is 15.8 Å². The maximum Gasteiger partial charge on any atom is 0.269 e. The second-order valence-corrected chi connectivity index (χ2v) is 6.03. The van der Waals surface area contributed by atoms with Gasteiger partial charge in [0.25, 0.3) is 5.91 Å². The summed E-state index contributed by atoms with van der Waals surface area (Å²) in [6, 6.07) is 10.5. The molecule has 0 unspecified atom stereocenters. The Morgan fingerprint density at radius 1 is 1.23 bits per heavy atom. The lowest BCUT2D eigenvalue weighted by Crippen LogP contribution is -2.29. The van der Waals surface area contributed by atoms with Crippen LogP contribution in [-0.2, 0) is 0 Å². The van der Waals surface area contributed by atoms with Crippen LogP contribution in [0.25, 0.3) is 10.2 Å². The Morgan fingerprint density at radius 2 is 2.05 bits per heavy atom. The van der Waals surface area contributed by atoms with Crippen LogP contribution in [0.15, 0.2) is 36.4 Å². The largest absolute Gasteiger partial charge is 0.273 e. The second kappa shape index (κ2) is 5.73. The minimum Gasteiger partial charge on any atom is -0.273 e.